The van der Waals surface area contributed by atoms with Crippen molar-refractivity contribution >= 4 is 21.5 Å². The molecule has 0 aliphatic heterocycles. The summed E-state index contributed by atoms with van der Waals surface area (Å²) in [5.41, 5.74) is 8.50. The Kier molecular flexibility index (Phi) is 3.23. The minimum Gasteiger partial charge on any atom is -0.398 e. The first-order valence-corrected chi connectivity index (χ1v) is 7.19. The van der Waals surface area contributed by atoms with Gasteiger partial charge in [0.1, 0.15) is 5.82 Å². The number of nitrogens with two attached hydrogens (primary N) is 1. The minimum absolute atomic E-state index is 0.213. The molecule has 0 aliphatic rings. The molecule has 2 rings (SSSR count). The maximum atomic E-state index is 12.4. The normalized spacial score (nSPS) is 11.5. The van der Waals surface area contributed by atoms with E-state index < -0.39 is 10.0 Å². The molecule has 0 amide bonds. The van der Waals surface area contributed by atoms with E-state index in [0.29, 0.717) is 22.6 Å². The predicted octanol–water partition coefficient (Wildman–Crippen LogP) is 1.72. The van der Waals surface area contributed by atoms with Gasteiger partial charge >= 0.3 is 0 Å². The van der Waals surface area contributed by atoms with Crippen molar-refractivity contribution in [1.82, 2.24) is 10.2 Å². The van der Waals surface area contributed by atoms with Crippen LogP contribution in [0.4, 0.5) is 11.5 Å². The van der Waals surface area contributed by atoms with Gasteiger partial charge in [-0.15, -0.1) is 0 Å². The van der Waals surface area contributed by atoms with E-state index in [1.165, 1.54) is 6.20 Å². The number of hydrogen-bond acceptors (Lipinski definition) is 4. The van der Waals surface area contributed by atoms with Crippen LogP contribution in [0.5, 0.6) is 0 Å². The minimum atomic E-state index is -3.69. The lowest BCUT2D eigenvalue weighted by Gasteiger charge is -2.15. The van der Waals surface area contributed by atoms with Crippen LogP contribution < -0.4 is 10.5 Å². The van der Waals surface area contributed by atoms with Gasteiger partial charge in [0.2, 0.25) is 0 Å². The second-order valence-corrected chi connectivity index (χ2v) is 6.07. The molecular weight excluding hydrogens is 264 g/mol. The molecule has 0 bridgehead atoms. The molecule has 1 aromatic carbocycles. The molecular formula is C12H16N4O2S. The van der Waals surface area contributed by atoms with Crippen LogP contribution in [0.1, 0.15) is 16.7 Å². The molecule has 2 aromatic rings. The Bertz CT molecular complexity index is 706. The fraction of sp³-hybridized carbons (Fsp3) is 0.250. The number of benzene rings is 1. The Labute approximate surface area is 112 Å². The number of nitrogens with one attached hydrogen (secondary N) is 2. The van der Waals surface area contributed by atoms with Crippen molar-refractivity contribution in [2.24, 2.45) is 0 Å². The number of sulfonamides is 1. The zero-order chi connectivity index (χ0) is 14.2. The number of rotatable bonds is 3. The smallest absolute Gasteiger partial charge is 0.263 e. The Morgan fingerprint density at radius 3 is 2.53 bits per heavy atom. The highest BCUT2D eigenvalue weighted by atomic mass is 32.2. The van der Waals surface area contributed by atoms with Gasteiger partial charge in [-0.25, -0.2) is 8.42 Å². The number of anilines is 2. The highest BCUT2D eigenvalue weighted by Gasteiger charge is 2.22. The maximum absolute atomic E-state index is 12.4. The van der Waals surface area contributed by atoms with Crippen LogP contribution in [0.25, 0.3) is 0 Å². The van der Waals surface area contributed by atoms with Crippen LogP contribution in [0.3, 0.4) is 0 Å². The monoisotopic (exact) mass is 280 g/mol. The number of H-pyrrole nitrogens is 1. The second-order valence-electron chi connectivity index (χ2n) is 4.45. The van der Waals surface area contributed by atoms with Crippen LogP contribution in [0.15, 0.2) is 23.2 Å². The van der Waals surface area contributed by atoms with E-state index in [0.717, 1.165) is 5.56 Å². The van der Waals surface area contributed by atoms with Gasteiger partial charge in [-0.2, -0.15) is 5.10 Å². The summed E-state index contributed by atoms with van der Waals surface area (Å²) in [6.07, 6.45) is 1.47. The lowest BCUT2D eigenvalue weighted by molar-refractivity contribution is 0.600. The van der Waals surface area contributed by atoms with Gasteiger partial charge in [-0.3, -0.25) is 9.82 Å². The first-order chi connectivity index (χ1) is 8.83. The van der Waals surface area contributed by atoms with E-state index in [2.05, 4.69) is 14.9 Å². The first kappa shape index (κ1) is 13.4. The molecule has 1 heterocycles. The molecule has 7 heteroatoms. The summed E-state index contributed by atoms with van der Waals surface area (Å²) in [5.74, 6) is 0.318. The number of hydrogen-bond donors (Lipinski definition) is 3. The Hall–Kier alpha value is -2.02. The summed E-state index contributed by atoms with van der Waals surface area (Å²) in [6.45, 7) is 5.31. The largest absolute Gasteiger partial charge is 0.398 e. The van der Waals surface area contributed by atoms with Gasteiger partial charge < -0.3 is 5.73 Å². The van der Waals surface area contributed by atoms with Crippen LogP contribution in [-0.4, -0.2) is 18.6 Å². The quantitative estimate of drug-likeness (QED) is 0.745. The molecule has 19 heavy (non-hydrogen) atoms. The van der Waals surface area contributed by atoms with Gasteiger partial charge in [0, 0.05) is 11.8 Å². The second kappa shape index (κ2) is 4.58. The van der Waals surface area contributed by atoms with E-state index in [-0.39, 0.29) is 4.90 Å². The summed E-state index contributed by atoms with van der Waals surface area (Å²) in [6, 6.07) is 3.31. The van der Waals surface area contributed by atoms with Crippen LogP contribution in [-0.2, 0) is 10.0 Å². The van der Waals surface area contributed by atoms with Crippen molar-refractivity contribution < 1.29 is 8.42 Å². The first-order valence-electron chi connectivity index (χ1n) is 5.71. The molecule has 6 nitrogen and oxygen atoms in total. The van der Waals surface area contributed by atoms with Gasteiger partial charge in [-0.05, 0) is 37.5 Å². The van der Waals surface area contributed by atoms with Crippen molar-refractivity contribution in [3.63, 3.8) is 0 Å². The maximum Gasteiger partial charge on any atom is 0.263 e. The summed E-state index contributed by atoms with van der Waals surface area (Å²) in [7, 11) is -3.69. The van der Waals surface area contributed by atoms with Gasteiger partial charge in [-0.1, -0.05) is 6.07 Å². The van der Waals surface area contributed by atoms with Crippen molar-refractivity contribution in [3.8, 4) is 0 Å². The van der Waals surface area contributed by atoms with E-state index in [9.17, 15) is 8.42 Å². The Morgan fingerprint density at radius 1 is 1.26 bits per heavy atom. The average molecular weight is 280 g/mol. The topological polar surface area (TPSA) is 101 Å². The van der Waals surface area contributed by atoms with E-state index >= 15 is 0 Å². The number of nitrogens with zero attached hydrogens (tertiary/aromatic N) is 1. The fourth-order valence-corrected chi connectivity index (χ4v) is 3.60. The van der Waals surface area contributed by atoms with E-state index in [4.69, 9.17) is 5.73 Å². The number of aromatic amines is 1. The third-order valence-electron chi connectivity index (χ3n) is 2.97. The van der Waals surface area contributed by atoms with Gasteiger partial charge in [0.05, 0.1) is 11.1 Å². The molecule has 0 atom stereocenters. The van der Waals surface area contributed by atoms with Gasteiger partial charge in [0.15, 0.2) is 0 Å². The van der Waals surface area contributed by atoms with Crippen molar-refractivity contribution in [3.05, 3.63) is 35.0 Å². The molecule has 0 saturated heterocycles. The summed E-state index contributed by atoms with van der Waals surface area (Å²) in [5, 5.41) is 6.26. The van der Waals surface area contributed by atoms with Crippen LogP contribution in [0, 0.1) is 20.8 Å². The van der Waals surface area contributed by atoms with Gasteiger partial charge in [0.25, 0.3) is 10.0 Å². The number of nitrogen functional groups attached to an aromatic ring is 1. The third-order valence-corrected chi connectivity index (χ3v) is 4.63. The molecule has 0 saturated carbocycles. The van der Waals surface area contributed by atoms with Crippen molar-refractivity contribution in [1.29, 1.82) is 0 Å². The number of aromatic nitrogens is 2. The molecule has 0 aliphatic carbocycles. The zero-order valence-electron chi connectivity index (χ0n) is 11.0. The third kappa shape index (κ3) is 2.41. The highest BCUT2D eigenvalue weighted by Crippen LogP contribution is 2.29. The summed E-state index contributed by atoms with van der Waals surface area (Å²) >= 11 is 0. The average Bonchev–Trinajstić information content (AvgIpc) is 2.77. The van der Waals surface area contributed by atoms with E-state index in [1.807, 2.05) is 6.92 Å². The van der Waals surface area contributed by atoms with Crippen LogP contribution >= 0.6 is 0 Å². The lowest BCUT2D eigenvalue weighted by Crippen LogP contribution is -2.17. The zero-order valence-corrected chi connectivity index (χ0v) is 11.8. The Morgan fingerprint density at radius 2 is 1.95 bits per heavy atom. The van der Waals surface area contributed by atoms with Crippen molar-refractivity contribution in [2.75, 3.05) is 10.5 Å². The summed E-state index contributed by atoms with van der Waals surface area (Å²) in [4.78, 5) is 0.213. The fourth-order valence-electron chi connectivity index (χ4n) is 2.10. The molecule has 0 spiro atoms. The number of aryl methyl sites for hydroxylation is 2. The van der Waals surface area contributed by atoms with Crippen LogP contribution in [0.2, 0.25) is 0 Å². The molecule has 0 radical (unpaired) electrons. The Balaban J connectivity index is 2.55. The highest BCUT2D eigenvalue weighted by molar-refractivity contribution is 7.92. The van der Waals surface area contributed by atoms with Crippen molar-refractivity contribution in [2.45, 2.75) is 25.7 Å². The SMILES string of the molecule is Cc1cc(C)c(S(=O)(=O)Nc2ccn[nH]2)c(C)c1N. The van der Waals surface area contributed by atoms with E-state index in [1.54, 1.807) is 26.0 Å². The molecule has 4 N–H and O–H groups in total. The summed E-state index contributed by atoms with van der Waals surface area (Å²) < 4.78 is 27.2. The molecule has 0 unspecified atom stereocenters. The molecule has 102 valence electrons. The standard InChI is InChI=1S/C12H16N4O2S/c1-7-6-8(2)12(9(3)11(7)13)19(17,18)16-10-4-5-14-15-10/h4-6H,13H2,1-3H3,(H2,14,15,16). The predicted molar refractivity (Wildman–Crippen MR) is 74.5 cm³/mol. The molecule has 0 fully saturated rings. The molecule has 1 aromatic heterocycles. The lowest BCUT2D eigenvalue weighted by atomic mass is 10.1.